The van der Waals surface area contributed by atoms with Gasteiger partial charge in [0.05, 0.1) is 18.1 Å². The number of Topliss-reactive ketones (excluding diaryl/α,β-unsaturated/α-hetero) is 1. The summed E-state index contributed by atoms with van der Waals surface area (Å²) < 4.78 is 10.9. The monoisotopic (exact) mass is 315 g/mol. The minimum absolute atomic E-state index is 0.00644. The van der Waals surface area contributed by atoms with Crippen LogP contribution in [0.5, 0.6) is 11.5 Å². The molecule has 0 radical (unpaired) electrons. The molecule has 2 aromatic rings. The Hall–Kier alpha value is -2.89. The van der Waals surface area contributed by atoms with Gasteiger partial charge in [-0.25, -0.2) is 0 Å². The van der Waals surface area contributed by atoms with Crippen LogP contribution >= 0.6 is 0 Å². The number of nitro groups is 1. The molecule has 6 heteroatoms. The standard InChI is InChI=1S/C17H17NO5/c1-11-4-6-15(9-16(11)18(20)21)23-10-14-8-13(12(2)19)5-7-17(14)22-3/h4-9H,10H2,1-3H3. The third-order valence-electron chi connectivity index (χ3n) is 3.46. The lowest BCUT2D eigenvalue weighted by Crippen LogP contribution is -2.02. The number of hydrogen-bond acceptors (Lipinski definition) is 5. The number of hydrogen-bond donors (Lipinski definition) is 0. The van der Waals surface area contributed by atoms with E-state index in [1.165, 1.54) is 20.1 Å². The highest BCUT2D eigenvalue weighted by Gasteiger charge is 2.13. The summed E-state index contributed by atoms with van der Waals surface area (Å²) in [6.45, 7) is 3.29. The molecule has 0 aliphatic heterocycles. The van der Waals surface area contributed by atoms with Gasteiger partial charge in [0.1, 0.15) is 18.1 Å². The number of ketones is 1. The highest BCUT2D eigenvalue weighted by atomic mass is 16.6. The third-order valence-corrected chi connectivity index (χ3v) is 3.46. The van der Waals surface area contributed by atoms with Crippen molar-refractivity contribution < 1.29 is 19.2 Å². The first-order valence-electron chi connectivity index (χ1n) is 6.98. The van der Waals surface area contributed by atoms with Crippen molar-refractivity contribution in [2.24, 2.45) is 0 Å². The normalized spacial score (nSPS) is 10.2. The minimum atomic E-state index is -0.445. The lowest BCUT2D eigenvalue weighted by Gasteiger charge is -2.11. The molecule has 0 aliphatic rings. The average molecular weight is 315 g/mol. The molecule has 0 fully saturated rings. The van der Waals surface area contributed by atoms with Crippen molar-refractivity contribution >= 4 is 11.5 Å². The first-order chi connectivity index (χ1) is 10.9. The number of benzene rings is 2. The van der Waals surface area contributed by atoms with Gasteiger partial charge in [-0.15, -0.1) is 0 Å². The first kappa shape index (κ1) is 16.5. The second kappa shape index (κ2) is 6.91. The number of rotatable bonds is 6. The van der Waals surface area contributed by atoms with Crippen LogP contribution in [-0.2, 0) is 6.61 Å². The predicted molar refractivity (Wildman–Crippen MR) is 85.2 cm³/mol. The fourth-order valence-corrected chi connectivity index (χ4v) is 2.15. The molecular weight excluding hydrogens is 298 g/mol. The molecule has 0 heterocycles. The maximum absolute atomic E-state index is 11.5. The smallest absolute Gasteiger partial charge is 0.276 e. The zero-order chi connectivity index (χ0) is 17.0. The second-order valence-corrected chi connectivity index (χ2v) is 5.08. The Labute approximate surface area is 133 Å². The van der Waals surface area contributed by atoms with E-state index in [2.05, 4.69) is 0 Å². The van der Waals surface area contributed by atoms with E-state index >= 15 is 0 Å². The number of nitrogens with zero attached hydrogens (tertiary/aromatic N) is 1. The Morgan fingerprint density at radius 1 is 1.22 bits per heavy atom. The van der Waals surface area contributed by atoms with Crippen molar-refractivity contribution in [3.05, 3.63) is 63.2 Å². The molecule has 0 aliphatic carbocycles. The van der Waals surface area contributed by atoms with Crippen LogP contribution < -0.4 is 9.47 Å². The van der Waals surface area contributed by atoms with Gasteiger partial charge in [0.15, 0.2) is 5.78 Å². The zero-order valence-corrected chi connectivity index (χ0v) is 13.2. The van der Waals surface area contributed by atoms with Gasteiger partial charge in [0.25, 0.3) is 5.69 Å². The SMILES string of the molecule is COc1ccc(C(C)=O)cc1COc1ccc(C)c([N+](=O)[O-])c1. The summed E-state index contributed by atoms with van der Waals surface area (Å²) in [5.74, 6) is 0.925. The van der Waals surface area contributed by atoms with E-state index in [0.29, 0.717) is 28.2 Å². The van der Waals surface area contributed by atoms with E-state index in [1.807, 2.05) is 0 Å². The van der Waals surface area contributed by atoms with Crippen molar-refractivity contribution in [3.63, 3.8) is 0 Å². The Morgan fingerprint density at radius 2 is 1.96 bits per heavy atom. The van der Waals surface area contributed by atoms with Gasteiger partial charge < -0.3 is 9.47 Å². The van der Waals surface area contributed by atoms with E-state index < -0.39 is 4.92 Å². The van der Waals surface area contributed by atoms with Crippen LogP contribution in [0.15, 0.2) is 36.4 Å². The number of carbonyl (C=O) groups is 1. The lowest BCUT2D eigenvalue weighted by atomic mass is 10.1. The number of ether oxygens (including phenoxy) is 2. The van der Waals surface area contributed by atoms with E-state index in [1.54, 1.807) is 37.3 Å². The molecule has 0 aromatic heterocycles. The first-order valence-corrected chi connectivity index (χ1v) is 6.98. The van der Waals surface area contributed by atoms with Crippen molar-refractivity contribution in [2.75, 3.05) is 7.11 Å². The molecule has 2 aromatic carbocycles. The highest BCUT2D eigenvalue weighted by Crippen LogP contribution is 2.26. The summed E-state index contributed by atoms with van der Waals surface area (Å²) in [7, 11) is 1.53. The molecular formula is C17H17NO5. The van der Waals surface area contributed by atoms with Gasteiger partial charge in [-0.1, -0.05) is 0 Å². The summed E-state index contributed by atoms with van der Waals surface area (Å²) >= 11 is 0. The molecule has 0 saturated heterocycles. The maximum Gasteiger partial charge on any atom is 0.276 e. The van der Waals surface area contributed by atoms with Crippen LogP contribution in [0.25, 0.3) is 0 Å². The zero-order valence-electron chi connectivity index (χ0n) is 13.2. The van der Waals surface area contributed by atoms with Gasteiger partial charge in [-0.2, -0.15) is 0 Å². The summed E-state index contributed by atoms with van der Waals surface area (Å²) in [5.41, 5.74) is 1.83. The molecule has 0 saturated carbocycles. The van der Waals surface area contributed by atoms with E-state index in [0.717, 1.165) is 0 Å². The minimum Gasteiger partial charge on any atom is -0.496 e. The topological polar surface area (TPSA) is 78.7 Å². The number of aryl methyl sites for hydroxylation is 1. The van der Waals surface area contributed by atoms with E-state index in [9.17, 15) is 14.9 Å². The second-order valence-electron chi connectivity index (χ2n) is 5.08. The van der Waals surface area contributed by atoms with Crippen LogP contribution in [-0.4, -0.2) is 17.8 Å². The van der Waals surface area contributed by atoms with Crippen molar-refractivity contribution in [1.82, 2.24) is 0 Å². The largest absolute Gasteiger partial charge is 0.496 e. The van der Waals surface area contributed by atoms with E-state index in [-0.39, 0.29) is 18.1 Å². The number of carbonyl (C=O) groups excluding carboxylic acids is 1. The molecule has 120 valence electrons. The van der Waals surface area contributed by atoms with Gasteiger partial charge in [-0.3, -0.25) is 14.9 Å². The third kappa shape index (κ3) is 3.85. The molecule has 0 bridgehead atoms. The maximum atomic E-state index is 11.5. The fourth-order valence-electron chi connectivity index (χ4n) is 2.15. The summed E-state index contributed by atoms with van der Waals surface area (Å²) in [4.78, 5) is 22.0. The quantitative estimate of drug-likeness (QED) is 0.461. The molecule has 0 spiro atoms. The Morgan fingerprint density at radius 3 is 2.57 bits per heavy atom. The molecule has 0 atom stereocenters. The van der Waals surface area contributed by atoms with E-state index in [4.69, 9.17) is 9.47 Å². The number of methoxy groups -OCH3 is 1. The van der Waals surface area contributed by atoms with Crippen LogP contribution in [0.3, 0.4) is 0 Å². The summed E-state index contributed by atoms with van der Waals surface area (Å²) in [5, 5.41) is 11.0. The van der Waals surface area contributed by atoms with Crippen LogP contribution in [0.4, 0.5) is 5.69 Å². The van der Waals surface area contributed by atoms with Crippen LogP contribution in [0, 0.1) is 17.0 Å². The summed E-state index contributed by atoms with van der Waals surface area (Å²) in [6, 6.07) is 9.77. The predicted octanol–water partition coefficient (Wildman–Crippen LogP) is 3.69. The molecule has 23 heavy (non-hydrogen) atoms. The van der Waals surface area contributed by atoms with Crippen molar-refractivity contribution in [1.29, 1.82) is 0 Å². The Bertz CT molecular complexity index is 755. The lowest BCUT2D eigenvalue weighted by molar-refractivity contribution is -0.385. The van der Waals surface area contributed by atoms with Crippen molar-refractivity contribution in [2.45, 2.75) is 20.5 Å². The van der Waals surface area contributed by atoms with Crippen molar-refractivity contribution in [3.8, 4) is 11.5 Å². The van der Waals surface area contributed by atoms with Gasteiger partial charge in [0.2, 0.25) is 0 Å². The average Bonchev–Trinajstić information content (AvgIpc) is 2.53. The molecule has 2 rings (SSSR count). The highest BCUT2D eigenvalue weighted by molar-refractivity contribution is 5.94. The van der Waals surface area contributed by atoms with Crippen LogP contribution in [0.2, 0.25) is 0 Å². The number of nitro benzene ring substituents is 1. The molecule has 0 amide bonds. The molecule has 6 nitrogen and oxygen atoms in total. The Kier molecular flexibility index (Phi) is 4.95. The van der Waals surface area contributed by atoms with Gasteiger partial charge >= 0.3 is 0 Å². The van der Waals surface area contributed by atoms with Gasteiger partial charge in [0, 0.05) is 16.7 Å². The summed E-state index contributed by atoms with van der Waals surface area (Å²) in [6.07, 6.45) is 0. The van der Waals surface area contributed by atoms with Gasteiger partial charge in [-0.05, 0) is 44.2 Å². The molecule has 0 unspecified atom stereocenters. The van der Waals surface area contributed by atoms with Crippen LogP contribution in [0.1, 0.15) is 28.4 Å². The fraction of sp³-hybridized carbons (Fsp3) is 0.235. The Balaban J connectivity index is 2.23. The molecule has 0 N–H and O–H groups in total.